The average Bonchev–Trinajstić information content (AvgIpc) is 2.25. The lowest BCUT2D eigenvalue weighted by atomic mass is 9.91. The molecule has 0 spiro atoms. The molecule has 20 heavy (non-hydrogen) atoms. The lowest BCUT2D eigenvalue weighted by Gasteiger charge is -2.34. The van der Waals surface area contributed by atoms with Gasteiger partial charge >= 0.3 is 5.97 Å². The Bertz CT molecular complexity index is 497. The molecule has 0 unspecified atom stereocenters. The molecule has 0 N–H and O–H groups in total. The summed E-state index contributed by atoms with van der Waals surface area (Å²) in [5.74, 6) is -2.51. The molecule has 0 amide bonds. The van der Waals surface area contributed by atoms with Gasteiger partial charge in [0, 0.05) is 30.7 Å². The lowest BCUT2D eigenvalue weighted by molar-refractivity contribution is -0.142. The number of aryl methyl sites for hydroxylation is 1. The van der Waals surface area contributed by atoms with Crippen LogP contribution in [0, 0.1) is 6.92 Å². The summed E-state index contributed by atoms with van der Waals surface area (Å²) in [5, 5.41) is 0. The number of carbonyl (C=O) groups is 1. The normalized spacial score (nSPS) is 17.4. The van der Waals surface area contributed by atoms with Crippen molar-refractivity contribution in [3.63, 3.8) is 0 Å². The number of hydrogen-bond donors (Lipinski definition) is 0. The van der Waals surface area contributed by atoms with E-state index in [1.165, 1.54) is 0 Å². The van der Waals surface area contributed by atoms with Gasteiger partial charge in [0.25, 0.3) is 5.92 Å². The van der Waals surface area contributed by atoms with Crippen LogP contribution >= 0.6 is 0 Å². The van der Waals surface area contributed by atoms with Crippen LogP contribution in [-0.2, 0) is 16.0 Å². The second-order valence-electron chi connectivity index (χ2n) is 4.92. The molecule has 0 saturated heterocycles. The Labute approximate surface area is 116 Å². The second kappa shape index (κ2) is 5.73. The first-order valence-corrected chi connectivity index (χ1v) is 6.55. The Balaban J connectivity index is 1.99. The molecule has 1 aromatic rings. The quantitative estimate of drug-likeness (QED) is 0.780. The van der Waals surface area contributed by atoms with Crippen LogP contribution in [0.2, 0.25) is 0 Å². The monoisotopic (exact) mass is 285 g/mol. The van der Waals surface area contributed by atoms with Crippen LogP contribution in [0.1, 0.15) is 31.2 Å². The van der Waals surface area contributed by atoms with Crippen molar-refractivity contribution in [1.29, 1.82) is 0 Å². The summed E-state index contributed by atoms with van der Waals surface area (Å²) in [4.78, 5) is 15.6. The molecule has 1 saturated carbocycles. The number of esters is 1. The molecule has 1 aromatic heterocycles. The van der Waals surface area contributed by atoms with Crippen LogP contribution in [-0.4, -0.2) is 29.6 Å². The number of aromatic nitrogens is 1. The molecule has 0 atom stereocenters. The molecule has 0 aromatic carbocycles. The van der Waals surface area contributed by atoms with Gasteiger partial charge in [0.15, 0.2) is 0 Å². The van der Waals surface area contributed by atoms with Crippen LogP contribution in [0.5, 0.6) is 5.75 Å². The van der Waals surface area contributed by atoms with Gasteiger partial charge < -0.3 is 9.47 Å². The Kier molecular flexibility index (Phi) is 4.20. The van der Waals surface area contributed by atoms with Crippen LogP contribution in [0.15, 0.2) is 12.1 Å². The highest BCUT2D eigenvalue weighted by molar-refractivity contribution is 5.72. The van der Waals surface area contributed by atoms with Crippen LogP contribution in [0.4, 0.5) is 8.78 Å². The maximum absolute atomic E-state index is 12.8. The van der Waals surface area contributed by atoms with E-state index in [0.717, 1.165) is 0 Å². The first kappa shape index (κ1) is 14.7. The van der Waals surface area contributed by atoms with E-state index in [4.69, 9.17) is 9.47 Å². The topological polar surface area (TPSA) is 48.4 Å². The molecule has 0 bridgehead atoms. The molecular weight excluding hydrogens is 268 g/mol. The number of nitrogens with zero attached hydrogens (tertiary/aromatic N) is 1. The summed E-state index contributed by atoms with van der Waals surface area (Å²) in [5.41, 5.74) is 1.19. The van der Waals surface area contributed by atoms with Crippen LogP contribution in [0.3, 0.4) is 0 Å². The van der Waals surface area contributed by atoms with Gasteiger partial charge in [-0.1, -0.05) is 0 Å². The maximum Gasteiger partial charge on any atom is 0.311 e. The molecule has 0 radical (unpaired) electrons. The van der Waals surface area contributed by atoms with E-state index in [1.54, 1.807) is 26.0 Å². The SMILES string of the molecule is CCOC(=O)Cc1cc(OC2CC(F)(F)C2)cc(C)n1. The number of ether oxygens (including phenoxy) is 2. The maximum atomic E-state index is 12.8. The van der Waals surface area contributed by atoms with Crippen molar-refractivity contribution in [2.75, 3.05) is 6.61 Å². The third kappa shape index (κ3) is 3.88. The van der Waals surface area contributed by atoms with Gasteiger partial charge in [-0.05, 0) is 13.8 Å². The first-order chi connectivity index (χ1) is 9.38. The molecule has 110 valence electrons. The lowest BCUT2D eigenvalue weighted by Crippen LogP contribution is -2.43. The predicted octanol–water partition coefficient (Wildman–Crippen LogP) is 2.67. The molecule has 6 heteroatoms. The average molecular weight is 285 g/mol. The Hall–Kier alpha value is -1.72. The summed E-state index contributed by atoms with van der Waals surface area (Å²) in [7, 11) is 0. The van der Waals surface area contributed by atoms with E-state index >= 15 is 0 Å². The molecule has 1 heterocycles. The summed E-state index contributed by atoms with van der Waals surface area (Å²) >= 11 is 0. The second-order valence-corrected chi connectivity index (χ2v) is 4.92. The fourth-order valence-corrected chi connectivity index (χ4v) is 2.10. The summed E-state index contributed by atoms with van der Waals surface area (Å²) in [6, 6.07) is 3.27. The molecule has 4 nitrogen and oxygen atoms in total. The number of rotatable bonds is 5. The zero-order valence-corrected chi connectivity index (χ0v) is 11.5. The van der Waals surface area contributed by atoms with Crippen molar-refractivity contribution in [2.24, 2.45) is 0 Å². The van der Waals surface area contributed by atoms with Gasteiger partial charge in [-0.3, -0.25) is 9.78 Å². The summed E-state index contributed by atoms with van der Waals surface area (Å²) in [6.45, 7) is 3.80. The van der Waals surface area contributed by atoms with Crippen LogP contribution < -0.4 is 4.74 Å². The minimum atomic E-state index is -2.61. The molecule has 1 aliphatic carbocycles. The molecule has 1 aliphatic rings. The highest BCUT2D eigenvalue weighted by Gasteiger charge is 2.47. The fraction of sp³-hybridized carbons (Fsp3) is 0.571. The molecule has 0 aliphatic heterocycles. The van der Waals surface area contributed by atoms with Gasteiger partial charge in [0.05, 0.1) is 18.7 Å². The summed E-state index contributed by atoms with van der Waals surface area (Å²) in [6.07, 6.45) is -0.946. The van der Waals surface area contributed by atoms with Crippen molar-refractivity contribution in [1.82, 2.24) is 4.98 Å². The summed E-state index contributed by atoms with van der Waals surface area (Å²) < 4.78 is 35.8. The van der Waals surface area contributed by atoms with E-state index in [1.807, 2.05) is 0 Å². The standard InChI is InChI=1S/C14H17F2NO3/c1-3-19-13(18)6-10-5-11(4-9(2)17-10)20-12-7-14(15,16)8-12/h4-5,12H,3,6-8H2,1-2H3. The van der Waals surface area contributed by atoms with Crippen molar-refractivity contribution >= 4 is 5.97 Å². The number of carbonyl (C=O) groups excluding carboxylic acids is 1. The van der Waals surface area contributed by atoms with Crippen LogP contribution in [0.25, 0.3) is 0 Å². The van der Waals surface area contributed by atoms with Gasteiger partial charge in [0.1, 0.15) is 11.9 Å². The van der Waals surface area contributed by atoms with E-state index < -0.39 is 12.0 Å². The Morgan fingerprint density at radius 2 is 2.15 bits per heavy atom. The van der Waals surface area contributed by atoms with Gasteiger partial charge in [-0.2, -0.15) is 0 Å². The number of hydrogen-bond acceptors (Lipinski definition) is 4. The largest absolute Gasteiger partial charge is 0.490 e. The van der Waals surface area contributed by atoms with Gasteiger partial charge in [-0.25, -0.2) is 8.78 Å². The Morgan fingerprint density at radius 1 is 1.45 bits per heavy atom. The highest BCUT2D eigenvalue weighted by Crippen LogP contribution is 2.39. The number of alkyl halides is 2. The van der Waals surface area contributed by atoms with Gasteiger partial charge in [0.2, 0.25) is 0 Å². The molecular formula is C14H17F2NO3. The smallest absolute Gasteiger partial charge is 0.311 e. The zero-order chi connectivity index (χ0) is 14.8. The van der Waals surface area contributed by atoms with Crippen molar-refractivity contribution in [3.05, 3.63) is 23.5 Å². The van der Waals surface area contributed by atoms with Crippen molar-refractivity contribution in [2.45, 2.75) is 45.1 Å². The minimum Gasteiger partial charge on any atom is -0.490 e. The fourth-order valence-electron chi connectivity index (χ4n) is 2.10. The van der Waals surface area contributed by atoms with E-state index in [2.05, 4.69) is 4.98 Å². The number of halogens is 2. The van der Waals surface area contributed by atoms with Gasteiger partial charge in [-0.15, -0.1) is 0 Å². The molecule has 2 rings (SSSR count). The van der Waals surface area contributed by atoms with Crippen molar-refractivity contribution < 1.29 is 23.0 Å². The third-order valence-electron chi connectivity index (χ3n) is 2.97. The zero-order valence-electron chi connectivity index (χ0n) is 11.5. The third-order valence-corrected chi connectivity index (χ3v) is 2.97. The van der Waals surface area contributed by atoms with E-state index in [-0.39, 0.29) is 25.2 Å². The predicted molar refractivity (Wildman–Crippen MR) is 67.9 cm³/mol. The van der Waals surface area contributed by atoms with E-state index in [9.17, 15) is 13.6 Å². The minimum absolute atomic E-state index is 0.0483. The van der Waals surface area contributed by atoms with Crippen molar-refractivity contribution in [3.8, 4) is 5.75 Å². The first-order valence-electron chi connectivity index (χ1n) is 6.55. The Morgan fingerprint density at radius 3 is 2.75 bits per heavy atom. The number of pyridine rings is 1. The highest BCUT2D eigenvalue weighted by atomic mass is 19.3. The molecule has 1 fully saturated rings. The van der Waals surface area contributed by atoms with E-state index in [0.29, 0.717) is 23.7 Å².